The number of rotatable bonds is 7. The highest BCUT2D eigenvalue weighted by atomic mass is 16.5. The summed E-state index contributed by atoms with van der Waals surface area (Å²) in [5.41, 5.74) is 2.60. The van der Waals surface area contributed by atoms with Gasteiger partial charge in [-0.2, -0.15) is 0 Å². The van der Waals surface area contributed by atoms with Gasteiger partial charge in [0, 0.05) is 16.7 Å². The highest BCUT2D eigenvalue weighted by molar-refractivity contribution is 6.29. The van der Waals surface area contributed by atoms with Gasteiger partial charge in [0.25, 0.3) is 0 Å². The molecule has 0 saturated heterocycles. The van der Waals surface area contributed by atoms with Crippen molar-refractivity contribution < 1.29 is 23.9 Å². The molecule has 36 heavy (non-hydrogen) atoms. The molecule has 0 radical (unpaired) electrons. The summed E-state index contributed by atoms with van der Waals surface area (Å²) in [6, 6.07) is 19.6. The van der Waals surface area contributed by atoms with Gasteiger partial charge in [-0.25, -0.2) is 0 Å². The Morgan fingerprint density at radius 3 is 2.28 bits per heavy atom. The van der Waals surface area contributed by atoms with Crippen molar-refractivity contribution in [2.75, 3.05) is 6.61 Å². The van der Waals surface area contributed by atoms with Crippen LogP contribution in [0.25, 0.3) is 0 Å². The number of esters is 1. The molecule has 0 aromatic heterocycles. The van der Waals surface area contributed by atoms with E-state index in [2.05, 4.69) is 12.2 Å². The fourth-order valence-electron chi connectivity index (χ4n) is 5.66. The molecule has 0 aliphatic heterocycles. The molecule has 1 saturated carbocycles. The van der Waals surface area contributed by atoms with Crippen LogP contribution in [0.15, 0.2) is 78.9 Å². The monoisotopic (exact) mass is 478 g/mol. The van der Waals surface area contributed by atoms with E-state index < -0.39 is 0 Å². The van der Waals surface area contributed by atoms with Gasteiger partial charge in [0.15, 0.2) is 11.6 Å². The molecule has 180 valence electrons. The van der Waals surface area contributed by atoms with Gasteiger partial charge in [-0.15, -0.1) is 0 Å². The number of carbonyl (C=O) groups excluding carboxylic acids is 3. The first-order chi connectivity index (χ1) is 17.6. The predicted octanol–water partition coefficient (Wildman–Crippen LogP) is 5.94. The van der Waals surface area contributed by atoms with Crippen LogP contribution in [-0.4, -0.2) is 24.1 Å². The molecule has 6 rings (SSSR count). The van der Waals surface area contributed by atoms with Crippen molar-refractivity contribution in [2.45, 2.75) is 25.7 Å². The minimum absolute atomic E-state index is 0.0378. The number of ketones is 2. The second kappa shape index (κ2) is 9.23. The van der Waals surface area contributed by atoms with Gasteiger partial charge >= 0.3 is 5.97 Å². The summed E-state index contributed by atoms with van der Waals surface area (Å²) in [5, 5.41) is 0. The Kier molecular flexibility index (Phi) is 5.76. The van der Waals surface area contributed by atoms with E-state index in [0.29, 0.717) is 52.2 Å². The van der Waals surface area contributed by atoms with Crippen LogP contribution in [0.3, 0.4) is 0 Å². The number of carbonyl (C=O) groups is 3. The van der Waals surface area contributed by atoms with Crippen LogP contribution in [0, 0.1) is 17.8 Å². The second-order valence-corrected chi connectivity index (χ2v) is 9.79. The molecule has 0 heterocycles. The number of fused-ring (bicyclic) bond motifs is 4. The molecule has 5 heteroatoms. The smallest absolute Gasteiger partial charge is 0.309 e. The van der Waals surface area contributed by atoms with Gasteiger partial charge in [0.1, 0.15) is 11.5 Å². The molecule has 1 fully saturated rings. The highest BCUT2D eigenvalue weighted by Crippen LogP contribution is 2.44. The number of aryl methyl sites for hydroxylation is 1. The van der Waals surface area contributed by atoms with E-state index in [1.54, 1.807) is 42.5 Å². The molecular weight excluding hydrogens is 452 g/mol. The summed E-state index contributed by atoms with van der Waals surface area (Å²) < 4.78 is 11.6. The molecule has 3 aromatic carbocycles. The average Bonchev–Trinajstić information content (AvgIpc) is 3.55. The third kappa shape index (κ3) is 4.05. The lowest BCUT2D eigenvalue weighted by atomic mass is 9.83. The number of ether oxygens (including phenoxy) is 2. The van der Waals surface area contributed by atoms with E-state index in [4.69, 9.17) is 9.47 Å². The fraction of sp³-hybridized carbons (Fsp3) is 0.258. The highest BCUT2D eigenvalue weighted by Gasteiger charge is 2.40. The predicted molar refractivity (Wildman–Crippen MR) is 134 cm³/mol. The van der Waals surface area contributed by atoms with Gasteiger partial charge in [-0.1, -0.05) is 60.7 Å². The fourth-order valence-corrected chi connectivity index (χ4v) is 5.66. The number of hydrogen-bond donors (Lipinski definition) is 0. The molecule has 3 aliphatic carbocycles. The topological polar surface area (TPSA) is 69.7 Å². The Morgan fingerprint density at radius 2 is 1.56 bits per heavy atom. The molecule has 3 atom stereocenters. The number of hydrogen-bond acceptors (Lipinski definition) is 5. The Labute approximate surface area is 209 Å². The van der Waals surface area contributed by atoms with Crippen LogP contribution < -0.4 is 4.74 Å². The normalized spacial score (nSPS) is 21.3. The van der Waals surface area contributed by atoms with Crippen LogP contribution in [0.2, 0.25) is 0 Å². The van der Waals surface area contributed by atoms with Crippen LogP contribution in [0.5, 0.6) is 11.5 Å². The zero-order chi connectivity index (χ0) is 24.6. The van der Waals surface area contributed by atoms with Gasteiger partial charge in [-0.3, -0.25) is 14.4 Å². The molecule has 2 bridgehead atoms. The van der Waals surface area contributed by atoms with Gasteiger partial charge < -0.3 is 9.47 Å². The standard InChI is InChI=1S/C31H26O5/c32-29-23-6-1-2-7-24(23)30(33)28-25(29)8-3-9-27(28)36-22-14-11-19(12-15-22)5-4-16-35-31(34)26-18-20-10-13-21(26)17-20/h1-3,6-15,20-21,26H,4-5,16-18H2. The lowest BCUT2D eigenvalue weighted by Gasteiger charge is -2.20. The van der Waals surface area contributed by atoms with E-state index in [1.807, 2.05) is 24.3 Å². The summed E-state index contributed by atoms with van der Waals surface area (Å²) >= 11 is 0. The maximum absolute atomic E-state index is 13.2. The molecule has 3 unspecified atom stereocenters. The molecule has 0 N–H and O–H groups in total. The average molecular weight is 479 g/mol. The van der Waals surface area contributed by atoms with Crippen molar-refractivity contribution in [2.24, 2.45) is 17.8 Å². The number of allylic oxidation sites excluding steroid dienone is 2. The zero-order valence-electron chi connectivity index (χ0n) is 19.8. The van der Waals surface area contributed by atoms with E-state index in [-0.39, 0.29) is 23.5 Å². The van der Waals surface area contributed by atoms with E-state index in [0.717, 1.165) is 31.2 Å². The van der Waals surface area contributed by atoms with Crippen molar-refractivity contribution >= 4 is 17.5 Å². The maximum Gasteiger partial charge on any atom is 0.309 e. The summed E-state index contributed by atoms with van der Waals surface area (Å²) in [6.45, 7) is 0.419. The van der Waals surface area contributed by atoms with E-state index >= 15 is 0 Å². The minimum Gasteiger partial charge on any atom is -0.465 e. The summed E-state index contributed by atoms with van der Waals surface area (Å²) in [4.78, 5) is 38.5. The minimum atomic E-state index is -0.205. The summed E-state index contributed by atoms with van der Waals surface area (Å²) in [6.07, 6.45) is 7.96. The zero-order valence-corrected chi connectivity index (χ0v) is 19.8. The SMILES string of the molecule is O=C1c2ccccc2C(=O)c2c(Oc3ccc(CCCOC(=O)C4CC5C=CC4C5)cc3)cccc21. The van der Waals surface area contributed by atoms with Crippen LogP contribution in [0.4, 0.5) is 0 Å². The van der Waals surface area contributed by atoms with Crippen LogP contribution in [-0.2, 0) is 16.0 Å². The van der Waals surface area contributed by atoms with Gasteiger partial charge in [0.2, 0.25) is 0 Å². The summed E-state index contributed by atoms with van der Waals surface area (Å²) in [5.74, 6) is 1.49. The molecule has 3 aromatic rings. The van der Waals surface area contributed by atoms with Crippen LogP contribution >= 0.6 is 0 Å². The quantitative estimate of drug-likeness (QED) is 0.187. The summed E-state index contributed by atoms with van der Waals surface area (Å²) in [7, 11) is 0. The van der Waals surface area contributed by atoms with Crippen molar-refractivity contribution in [1.82, 2.24) is 0 Å². The van der Waals surface area contributed by atoms with Crippen LogP contribution in [0.1, 0.15) is 56.7 Å². The molecule has 0 amide bonds. The van der Waals surface area contributed by atoms with Crippen molar-refractivity contribution in [3.05, 3.63) is 107 Å². The first-order valence-corrected chi connectivity index (χ1v) is 12.5. The molecular formula is C31H26O5. The van der Waals surface area contributed by atoms with E-state index in [1.165, 1.54) is 0 Å². The maximum atomic E-state index is 13.2. The lowest BCUT2D eigenvalue weighted by Crippen LogP contribution is -2.22. The Balaban J connectivity index is 1.07. The first-order valence-electron chi connectivity index (χ1n) is 12.5. The third-order valence-corrected chi connectivity index (χ3v) is 7.50. The van der Waals surface area contributed by atoms with Crippen molar-refractivity contribution in [3.8, 4) is 11.5 Å². The number of benzene rings is 3. The Morgan fingerprint density at radius 1 is 0.806 bits per heavy atom. The molecule has 0 spiro atoms. The van der Waals surface area contributed by atoms with Gasteiger partial charge in [0.05, 0.1) is 18.1 Å². The third-order valence-electron chi connectivity index (χ3n) is 7.50. The Hall–Kier alpha value is -3.99. The van der Waals surface area contributed by atoms with Gasteiger partial charge in [-0.05, 0) is 61.3 Å². The second-order valence-electron chi connectivity index (χ2n) is 9.79. The lowest BCUT2D eigenvalue weighted by molar-refractivity contribution is -0.149. The van der Waals surface area contributed by atoms with Crippen molar-refractivity contribution in [1.29, 1.82) is 0 Å². The molecule has 5 nitrogen and oxygen atoms in total. The van der Waals surface area contributed by atoms with E-state index in [9.17, 15) is 14.4 Å². The van der Waals surface area contributed by atoms with Crippen molar-refractivity contribution in [3.63, 3.8) is 0 Å². The molecule has 3 aliphatic rings. The Bertz CT molecular complexity index is 1380. The largest absolute Gasteiger partial charge is 0.465 e. The first kappa shape index (κ1) is 22.5.